The molecule has 0 N–H and O–H groups in total. The molecule has 3 fully saturated rings. The van der Waals surface area contributed by atoms with Gasteiger partial charge in [-0.3, -0.25) is 4.79 Å². The van der Waals surface area contributed by atoms with Crippen molar-refractivity contribution in [2.75, 3.05) is 13.1 Å². The number of fused-ring (bicyclic) bond motifs is 3. The number of benzene rings is 1. The summed E-state index contributed by atoms with van der Waals surface area (Å²) in [6, 6.07) is 5.35. The number of hydrogen-bond acceptors (Lipinski definition) is 2. The lowest BCUT2D eigenvalue weighted by molar-refractivity contribution is -0.125. The van der Waals surface area contributed by atoms with Gasteiger partial charge in [-0.2, -0.15) is 0 Å². The summed E-state index contributed by atoms with van der Waals surface area (Å²) in [7, 11) is 0. The van der Waals surface area contributed by atoms with Gasteiger partial charge in [-0.25, -0.2) is 0 Å². The minimum atomic E-state index is 0.215. The second kappa shape index (κ2) is 4.60. The maximum Gasteiger partial charge on any atom is 0.182 e. The van der Waals surface area contributed by atoms with Crippen LogP contribution in [0.4, 0.5) is 0 Å². The fraction of sp³-hybridized carbons (Fsp3) is 0.357. The van der Waals surface area contributed by atoms with Crippen molar-refractivity contribution in [2.24, 2.45) is 5.92 Å². The molecule has 0 amide bonds. The highest BCUT2D eigenvalue weighted by atomic mass is 35.5. The predicted octanol–water partition coefficient (Wildman–Crippen LogP) is 3.63. The first-order valence-electron chi connectivity index (χ1n) is 6.11. The van der Waals surface area contributed by atoms with Crippen LogP contribution in [0.1, 0.15) is 18.4 Å². The van der Waals surface area contributed by atoms with Crippen molar-refractivity contribution in [3.63, 3.8) is 0 Å². The third kappa shape index (κ3) is 2.04. The van der Waals surface area contributed by atoms with Gasteiger partial charge in [0.2, 0.25) is 0 Å². The lowest BCUT2D eigenvalue weighted by Gasteiger charge is -2.41. The summed E-state index contributed by atoms with van der Waals surface area (Å²) in [6.45, 7) is 1.96. The topological polar surface area (TPSA) is 20.3 Å². The predicted molar refractivity (Wildman–Crippen MR) is 73.7 cm³/mol. The van der Waals surface area contributed by atoms with Crippen molar-refractivity contribution in [1.82, 2.24) is 4.90 Å². The Labute approximate surface area is 116 Å². The molecule has 0 unspecified atom stereocenters. The second-order valence-electron chi connectivity index (χ2n) is 4.82. The van der Waals surface area contributed by atoms with Gasteiger partial charge in [0.15, 0.2) is 5.78 Å². The monoisotopic (exact) mass is 281 g/mol. The normalized spacial score (nSPS) is 22.0. The molecule has 0 aliphatic carbocycles. The Hall–Kier alpha value is -0.990. The minimum absolute atomic E-state index is 0.215. The summed E-state index contributed by atoms with van der Waals surface area (Å²) in [5.74, 6) is 0.478. The average molecular weight is 282 g/mol. The van der Waals surface area contributed by atoms with Gasteiger partial charge in [0.25, 0.3) is 0 Å². The van der Waals surface area contributed by atoms with E-state index in [1.165, 1.54) is 0 Å². The van der Waals surface area contributed by atoms with Crippen LogP contribution >= 0.6 is 23.2 Å². The first-order chi connectivity index (χ1) is 8.65. The summed E-state index contributed by atoms with van der Waals surface area (Å²) in [5, 5.41) is 1.20. The minimum Gasteiger partial charge on any atom is -0.369 e. The van der Waals surface area contributed by atoms with Crippen molar-refractivity contribution in [3.05, 3.63) is 39.5 Å². The molecule has 3 heterocycles. The van der Waals surface area contributed by atoms with Crippen LogP contribution in [0.5, 0.6) is 0 Å². The number of Topliss-reactive ketones (excluding diaryl/α,β-unsaturated/α-hetero) is 1. The van der Waals surface area contributed by atoms with Gasteiger partial charge < -0.3 is 4.90 Å². The van der Waals surface area contributed by atoms with Gasteiger partial charge in [0.1, 0.15) is 0 Å². The molecule has 0 spiro atoms. The number of rotatable bonds is 1. The fourth-order valence-electron chi connectivity index (χ4n) is 2.68. The van der Waals surface area contributed by atoms with Crippen LogP contribution in [-0.2, 0) is 4.79 Å². The number of carbonyl (C=O) groups excluding carboxylic acids is 1. The first kappa shape index (κ1) is 12.1. The van der Waals surface area contributed by atoms with E-state index in [9.17, 15) is 4.79 Å². The molecule has 0 radical (unpaired) electrons. The summed E-state index contributed by atoms with van der Waals surface area (Å²) in [6.07, 6.45) is 3.88. The van der Waals surface area contributed by atoms with Crippen molar-refractivity contribution in [3.8, 4) is 0 Å². The molecule has 3 saturated heterocycles. The number of halogens is 2. The van der Waals surface area contributed by atoms with Crippen molar-refractivity contribution < 1.29 is 4.79 Å². The molecule has 4 rings (SSSR count). The third-order valence-electron chi connectivity index (χ3n) is 3.71. The SMILES string of the molecule is O=C1/C(=C\c2ccc(Cl)cc2Cl)N2CCC1CC2. The van der Waals surface area contributed by atoms with E-state index < -0.39 is 0 Å². The highest BCUT2D eigenvalue weighted by Crippen LogP contribution is 2.33. The molecule has 2 nitrogen and oxygen atoms in total. The van der Waals surface area contributed by atoms with Crippen LogP contribution in [-0.4, -0.2) is 23.8 Å². The van der Waals surface area contributed by atoms with E-state index in [2.05, 4.69) is 4.90 Å². The van der Waals surface area contributed by atoms with Crippen molar-refractivity contribution in [1.29, 1.82) is 0 Å². The summed E-state index contributed by atoms with van der Waals surface area (Å²) in [5.41, 5.74) is 1.67. The molecule has 94 valence electrons. The van der Waals surface area contributed by atoms with Crippen LogP contribution in [0.3, 0.4) is 0 Å². The quantitative estimate of drug-likeness (QED) is 0.733. The maximum absolute atomic E-state index is 12.2. The number of ketones is 1. The Morgan fingerprint density at radius 2 is 1.94 bits per heavy atom. The standard InChI is InChI=1S/C14H13Cl2NO/c15-11-2-1-10(12(16)8-11)7-13-14(18)9-3-5-17(13)6-4-9/h1-2,7-9H,3-6H2/b13-7+. The fourth-order valence-corrected chi connectivity index (χ4v) is 3.14. The Bertz CT molecular complexity index is 531. The molecule has 1 aromatic carbocycles. The van der Waals surface area contributed by atoms with E-state index >= 15 is 0 Å². The highest BCUT2D eigenvalue weighted by molar-refractivity contribution is 6.35. The molecule has 2 bridgehead atoms. The summed E-state index contributed by atoms with van der Waals surface area (Å²) in [4.78, 5) is 14.4. The van der Waals surface area contributed by atoms with E-state index in [0.29, 0.717) is 10.0 Å². The zero-order valence-corrected chi connectivity index (χ0v) is 11.3. The maximum atomic E-state index is 12.2. The van der Waals surface area contributed by atoms with E-state index in [-0.39, 0.29) is 11.7 Å². The number of hydrogen-bond donors (Lipinski definition) is 0. The Balaban J connectivity index is 1.98. The zero-order chi connectivity index (χ0) is 12.7. The summed E-state index contributed by atoms with van der Waals surface area (Å²) < 4.78 is 0. The van der Waals surface area contributed by atoms with Gasteiger partial charge in [0, 0.05) is 29.1 Å². The Morgan fingerprint density at radius 1 is 1.22 bits per heavy atom. The van der Waals surface area contributed by atoms with Gasteiger partial charge in [-0.15, -0.1) is 0 Å². The average Bonchev–Trinajstić information content (AvgIpc) is 2.37. The third-order valence-corrected chi connectivity index (χ3v) is 4.28. The van der Waals surface area contributed by atoms with Gasteiger partial charge in [-0.05, 0) is 36.6 Å². The number of carbonyl (C=O) groups is 1. The number of piperidine rings is 3. The molecular weight excluding hydrogens is 269 g/mol. The molecule has 0 saturated carbocycles. The number of nitrogens with zero attached hydrogens (tertiary/aromatic N) is 1. The van der Waals surface area contributed by atoms with Gasteiger partial charge >= 0.3 is 0 Å². The number of allylic oxidation sites excluding steroid dienone is 1. The molecule has 0 atom stereocenters. The van der Waals surface area contributed by atoms with E-state index in [1.54, 1.807) is 12.1 Å². The van der Waals surface area contributed by atoms with Crippen molar-refractivity contribution in [2.45, 2.75) is 12.8 Å². The van der Waals surface area contributed by atoms with Crippen molar-refractivity contribution >= 4 is 35.1 Å². The Kier molecular flexibility index (Phi) is 3.08. The second-order valence-corrected chi connectivity index (χ2v) is 5.66. The molecular formula is C14H13Cl2NO. The van der Waals surface area contributed by atoms with Gasteiger partial charge in [-0.1, -0.05) is 29.3 Å². The molecule has 3 aliphatic rings. The van der Waals surface area contributed by atoms with Gasteiger partial charge in [0.05, 0.1) is 5.70 Å². The highest BCUT2D eigenvalue weighted by Gasteiger charge is 2.36. The smallest absolute Gasteiger partial charge is 0.182 e. The zero-order valence-electron chi connectivity index (χ0n) is 9.83. The van der Waals surface area contributed by atoms with Crippen LogP contribution in [0, 0.1) is 5.92 Å². The van der Waals surface area contributed by atoms with E-state index in [1.807, 2.05) is 12.1 Å². The molecule has 18 heavy (non-hydrogen) atoms. The van der Waals surface area contributed by atoms with Crippen LogP contribution < -0.4 is 0 Å². The molecule has 3 aliphatic heterocycles. The Morgan fingerprint density at radius 3 is 2.56 bits per heavy atom. The van der Waals surface area contributed by atoms with E-state index in [0.717, 1.165) is 37.2 Å². The lowest BCUT2D eigenvalue weighted by atomic mass is 9.84. The molecule has 4 heteroatoms. The summed E-state index contributed by atoms with van der Waals surface area (Å²) >= 11 is 12.0. The van der Waals surface area contributed by atoms with E-state index in [4.69, 9.17) is 23.2 Å². The van der Waals surface area contributed by atoms with Crippen LogP contribution in [0.25, 0.3) is 6.08 Å². The molecule has 1 aromatic rings. The largest absolute Gasteiger partial charge is 0.369 e. The lowest BCUT2D eigenvalue weighted by Crippen LogP contribution is -2.45. The molecule has 0 aromatic heterocycles. The van der Waals surface area contributed by atoms with Crippen LogP contribution in [0.2, 0.25) is 10.0 Å². The first-order valence-corrected chi connectivity index (χ1v) is 6.86. The van der Waals surface area contributed by atoms with Crippen LogP contribution in [0.15, 0.2) is 23.9 Å².